The van der Waals surface area contributed by atoms with Gasteiger partial charge in [-0.15, -0.1) is 0 Å². The van der Waals surface area contributed by atoms with Gasteiger partial charge in [-0.3, -0.25) is 10.1 Å². The molecule has 0 saturated heterocycles. The van der Waals surface area contributed by atoms with Crippen molar-refractivity contribution in [2.75, 3.05) is 32.7 Å². The number of aromatic nitrogens is 3. The van der Waals surface area contributed by atoms with Gasteiger partial charge in [0.2, 0.25) is 0 Å². The number of hydrogen-bond acceptors (Lipinski definition) is 5. The van der Waals surface area contributed by atoms with Crippen LogP contribution in [0, 0.1) is 0 Å². The van der Waals surface area contributed by atoms with Gasteiger partial charge in [-0.05, 0) is 49.1 Å². The van der Waals surface area contributed by atoms with Crippen LogP contribution in [0.3, 0.4) is 0 Å². The first-order valence-corrected chi connectivity index (χ1v) is 9.65. The molecule has 0 unspecified atom stereocenters. The zero-order valence-corrected chi connectivity index (χ0v) is 15.8. The standard InChI is InChI=1S/C17H26N6OS/c1-18-17(19-10-4-5-11-25-3)20-12-15-21-16(23-22-15)13-6-8-14(24-2)9-7-13/h6-9H,4-5,10-12H2,1-3H3,(H2,18,19,20)(H,21,22,23). The summed E-state index contributed by atoms with van der Waals surface area (Å²) < 4.78 is 5.16. The molecule has 0 aliphatic heterocycles. The van der Waals surface area contributed by atoms with Crippen molar-refractivity contribution in [3.8, 4) is 17.1 Å². The van der Waals surface area contributed by atoms with Crippen LogP contribution in [0.25, 0.3) is 11.4 Å². The minimum atomic E-state index is 0.535. The van der Waals surface area contributed by atoms with E-state index in [1.54, 1.807) is 14.2 Å². The minimum absolute atomic E-state index is 0.535. The Balaban J connectivity index is 1.81. The number of nitrogens with one attached hydrogen (secondary N) is 3. The fourth-order valence-corrected chi connectivity index (χ4v) is 2.70. The van der Waals surface area contributed by atoms with Crippen LogP contribution in [0.2, 0.25) is 0 Å². The molecule has 0 bridgehead atoms. The first kappa shape index (κ1) is 19.1. The molecule has 2 rings (SSSR count). The lowest BCUT2D eigenvalue weighted by Crippen LogP contribution is -2.37. The quantitative estimate of drug-likeness (QED) is 0.360. The molecule has 0 aliphatic rings. The van der Waals surface area contributed by atoms with Gasteiger partial charge in [-0.25, -0.2) is 4.98 Å². The molecule has 0 saturated carbocycles. The highest BCUT2D eigenvalue weighted by molar-refractivity contribution is 7.98. The number of hydrogen-bond donors (Lipinski definition) is 3. The summed E-state index contributed by atoms with van der Waals surface area (Å²) in [4.78, 5) is 8.73. The van der Waals surface area contributed by atoms with E-state index in [0.717, 1.165) is 36.1 Å². The Bertz CT molecular complexity index is 655. The van der Waals surface area contributed by atoms with E-state index in [1.807, 2.05) is 36.0 Å². The second-order valence-electron chi connectivity index (χ2n) is 5.39. The van der Waals surface area contributed by atoms with E-state index >= 15 is 0 Å². The second-order valence-corrected chi connectivity index (χ2v) is 6.37. The monoisotopic (exact) mass is 362 g/mol. The maximum Gasteiger partial charge on any atom is 0.191 e. The summed E-state index contributed by atoms with van der Waals surface area (Å²) in [7, 11) is 3.41. The first-order chi connectivity index (χ1) is 12.3. The molecule has 0 fully saturated rings. The SMILES string of the molecule is CN=C(NCCCCSC)NCc1nc(-c2ccc(OC)cc2)n[nH]1. The lowest BCUT2D eigenvalue weighted by Gasteiger charge is -2.10. The lowest BCUT2D eigenvalue weighted by molar-refractivity contribution is 0.415. The van der Waals surface area contributed by atoms with Gasteiger partial charge < -0.3 is 15.4 Å². The summed E-state index contributed by atoms with van der Waals surface area (Å²) in [5.41, 5.74) is 0.944. The Morgan fingerprint density at radius 3 is 2.72 bits per heavy atom. The number of benzene rings is 1. The van der Waals surface area contributed by atoms with E-state index in [2.05, 4.69) is 37.1 Å². The zero-order chi connectivity index (χ0) is 17.9. The van der Waals surface area contributed by atoms with Gasteiger partial charge in [0, 0.05) is 19.2 Å². The molecule has 0 amide bonds. The van der Waals surface area contributed by atoms with Crippen LogP contribution in [0.1, 0.15) is 18.7 Å². The topological polar surface area (TPSA) is 87.2 Å². The highest BCUT2D eigenvalue weighted by Crippen LogP contribution is 2.18. The zero-order valence-electron chi connectivity index (χ0n) is 15.0. The van der Waals surface area contributed by atoms with Crippen LogP contribution >= 0.6 is 11.8 Å². The molecular formula is C17H26N6OS. The molecule has 7 nitrogen and oxygen atoms in total. The molecule has 0 aliphatic carbocycles. The average molecular weight is 363 g/mol. The van der Waals surface area contributed by atoms with Crippen molar-refractivity contribution in [3.63, 3.8) is 0 Å². The summed E-state index contributed by atoms with van der Waals surface area (Å²) >= 11 is 1.88. The fourth-order valence-electron chi connectivity index (χ4n) is 2.21. The van der Waals surface area contributed by atoms with Gasteiger partial charge in [0.25, 0.3) is 0 Å². The third kappa shape index (κ3) is 6.30. The number of nitrogens with zero attached hydrogens (tertiary/aromatic N) is 3. The van der Waals surface area contributed by atoms with Crippen LogP contribution in [0.5, 0.6) is 5.75 Å². The summed E-state index contributed by atoms with van der Waals surface area (Å²) in [6.45, 7) is 1.45. The number of ether oxygens (including phenoxy) is 1. The normalized spacial score (nSPS) is 11.4. The summed E-state index contributed by atoms with van der Waals surface area (Å²) in [5.74, 6) is 4.20. The van der Waals surface area contributed by atoms with E-state index in [4.69, 9.17) is 4.74 Å². The summed E-state index contributed by atoms with van der Waals surface area (Å²) in [6, 6.07) is 7.67. The Kier molecular flexibility index (Phi) is 8.11. The smallest absolute Gasteiger partial charge is 0.191 e. The second kappa shape index (κ2) is 10.6. The Morgan fingerprint density at radius 2 is 2.04 bits per heavy atom. The largest absolute Gasteiger partial charge is 0.497 e. The van der Waals surface area contributed by atoms with Crippen molar-refractivity contribution in [3.05, 3.63) is 30.1 Å². The maximum absolute atomic E-state index is 5.16. The average Bonchev–Trinajstić information content (AvgIpc) is 3.13. The third-order valence-corrected chi connectivity index (χ3v) is 4.29. The number of aromatic amines is 1. The van der Waals surface area contributed by atoms with E-state index in [9.17, 15) is 0 Å². The molecule has 1 heterocycles. The fraction of sp³-hybridized carbons (Fsp3) is 0.471. The maximum atomic E-state index is 5.16. The van der Waals surface area contributed by atoms with Crippen LogP contribution in [-0.2, 0) is 6.54 Å². The molecular weight excluding hydrogens is 336 g/mol. The minimum Gasteiger partial charge on any atom is -0.497 e. The van der Waals surface area contributed by atoms with E-state index in [0.29, 0.717) is 12.4 Å². The summed E-state index contributed by atoms with van der Waals surface area (Å²) in [6.07, 6.45) is 4.47. The number of aliphatic imine (C=N–C) groups is 1. The molecule has 0 spiro atoms. The molecule has 1 aromatic heterocycles. The van der Waals surface area contributed by atoms with Crippen molar-refractivity contribution in [1.82, 2.24) is 25.8 Å². The van der Waals surface area contributed by atoms with Gasteiger partial charge in [0.05, 0.1) is 13.7 Å². The lowest BCUT2D eigenvalue weighted by atomic mass is 10.2. The molecule has 8 heteroatoms. The van der Waals surface area contributed by atoms with Crippen molar-refractivity contribution in [2.45, 2.75) is 19.4 Å². The third-order valence-electron chi connectivity index (χ3n) is 3.59. The highest BCUT2D eigenvalue weighted by atomic mass is 32.2. The Labute approximate surface area is 153 Å². The van der Waals surface area contributed by atoms with Gasteiger partial charge in [-0.2, -0.15) is 16.9 Å². The number of unbranched alkanes of at least 4 members (excludes halogenated alkanes) is 1. The molecule has 3 N–H and O–H groups in total. The van der Waals surface area contributed by atoms with Crippen molar-refractivity contribution >= 4 is 17.7 Å². The predicted octanol–water partition coefficient (Wildman–Crippen LogP) is 2.29. The molecule has 1 aromatic carbocycles. The van der Waals surface area contributed by atoms with E-state index in [-0.39, 0.29) is 0 Å². The van der Waals surface area contributed by atoms with E-state index in [1.165, 1.54) is 12.2 Å². The molecule has 0 radical (unpaired) electrons. The van der Waals surface area contributed by atoms with Crippen LogP contribution in [-0.4, -0.2) is 53.9 Å². The van der Waals surface area contributed by atoms with Gasteiger partial charge in [0.15, 0.2) is 11.8 Å². The predicted molar refractivity (Wildman–Crippen MR) is 104 cm³/mol. The van der Waals surface area contributed by atoms with Crippen LogP contribution in [0.4, 0.5) is 0 Å². The van der Waals surface area contributed by atoms with Gasteiger partial charge in [0.1, 0.15) is 11.6 Å². The van der Waals surface area contributed by atoms with Crippen molar-refractivity contribution in [2.24, 2.45) is 4.99 Å². The van der Waals surface area contributed by atoms with Gasteiger partial charge >= 0.3 is 0 Å². The molecule has 25 heavy (non-hydrogen) atoms. The van der Waals surface area contributed by atoms with Crippen molar-refractivity contribution < 1.29 is 4.74 Å². The number of rotatable bonds is 9. The molecule has 2 aromatic rings. The Hall–Kier alpha value is -2.22. The number of methoxy groups -OCH3 is 1. The number of thioether (sulfide) groups is 1. The van der Waals surface area contributed by atoms with Gasteiger partial charge in [-0.1, -0.05) is 0 Å². The van der Waals surface area contributed by atoms with Crippen LogP contribution in [0.15, 0.2) is 29.3 Å². The van der Waals surface area contributed by atoms with Crippen LogP contribution < -0.4 is 15.4 Å². The van der Waals surface area contributed by atoms with Crippen molar-refractivity contribution in [1.29, 1.82) is 0 Å². The molecule has 136 valence electrons. The van der Waals surface area contributed by atoms with E-state index < -0.39 is 0 Å². The summed E-state index contributed by atoms with van der Waals surface area (Å²) in [5, 5.41) is 13.8. The molecule has 0 atom stereocenters. The Morgan fingerprint density at radius 1 is 1.24 bits per heavy atom. The first-order valence-electron chi connectivity index (χ1n) is 8.26. The number of H-pyrrole nitrogens is 1. The number of guanidine groups is 1. The highest BCUT2D eigenvalue weighted by Gasteiger charge is 2.07.